The second kappa shape index (κ2) is 3.81. The van der Waals surface area contributed by atoms with Gasteiger partial charge in [0.05, 0.1) is 19.8 Å². The summed E-state index contributed by atoms with van der Waals surface area (Å²) in [6, 6.07) is 0. The number of aliphatic hydroxyl groups is 1. The van der Waals surface area contributed by atoms with E-state index in [4.69, 9.17) is 14.6 Å². The topological polar surface area (TPSA) is 38.7 Å². The lowest BCUT2D eigenvalue weighted by Crippen LogP contribution is -2.23. The normalized spacial score (nSPS) is 17.1. The van der Waals surface area contributed by atoms with Gasteiger partial charge >= 0.3 is 0 Å². The first-order chi connectivity index (χ1) is 5.64. The first-order valence-corrected chi connectivity index (χ1v) is 4.21. The minimum atomic E-state index is -0.188. The van der Waals surface area contributed by atoms with Crippen LogP contribution < -0.4 is 0 Å². The third-order valence-corrected chi connectivity index (χ3v) is 1.71. The van der Waals surface area contributed by atoms with Crippen LogP contribution in [0.15, 0.2) is 12.0 Å². The lowest BCUT2D eigenvalue weighted by molar-refractivity contribution is -0.00184. The molecule has 1 rings (SSSR count). The van der Waals surface area contributed by atoms with Crippen LogP contribution in [0.1, 0.15) is 20.3 Å². The van der Waals surface area contributed by atoms with Crippen LogP contribution in [0, 0.1) is 5.41 Å². The second-order valence-electron chi connectivity index (χ2n) is 3.77. The predicted molar refractivity (Wildman–Crippen MR) is 45.5 cm³/mol. The van der Waals surface area contributed by atoms with Crippen LogP contribution in [0.3, 0.4) is 0 Å². The van der Waals surface area contributed by atoms with Crippen molar-refractivity contribution < 1.29 is 14.6 Å². The van der Waals surface area contributed by atoms with Gasteiger partial charge in [-0.05, 0) is 6.08 Å². The smallest absolute Gasteiger partial charge is 0.275 e. The molecular weight excluding hydrogens is 156 g/mol. The van der Waals surface area contributed by atoms with E-state index in [9.17, 15) is 0 Å². The molecule has 0 aromatic heterocycles. The van der Waals surface area contributed by atoms with Crippen molar-refractivity contribution in [2.45, 2.75) is 20.3 Å². The van der Waals surface area contributed by atoms with Crippen LogP contribution in [0.2, 0.25) is 0 Å². The van der Waals surface area contributed by atoms with Gasteiger partial charge in [0.15, 0.2) is 0 Å². The fraction of sp³-hybridized carbons (Fsp3) is 0.778. The highest BCUT2D eigenvalue weighted by atomic mass is 16.7. The molecule has 0 saturated heterocycles. The number of hydrogen-bond acceptors (Lipinski definition) is 3. The van der Waals surface area contributed by atoms with E-state index in [1.54, 1.807) is 0 Å². The average molecular weight is 172 g/mol. The number of hydrogen-bond donors (Lipinski definition) is 1. The molecule has 1 aliphatic rings. The molecule has 0 bridgehead atoms. The van der Waals surface area contributed by atoms with Gasteiger partial charge in [-0.1, -0.05) is 13.8 Å². The zero-order valence-corrected chi connectivity index (χ0v) is 7.67. The summed E-state index contributed by atoms with van der Waals surface area (Å²) in [7, 11) is 0. The molecular formula is C9H16O3. The molecule has 3 nitrogen and oxygen atoms in total. The third kappa shape index (κ3) is 2.74. The Bertz CT molecular complexity index is 173. The van der Waals surface area contributed by atoms with Crippen molar-refractivity contribution >= 4 is 0 Å². The highest BCUT2D eigenvalue weighted by Crippen LogP contribution is 2.18. The van der Waals surface area contributed by atoms with Crippen LogP contribution >= 0.6 is 0 Å². The Morgan fingerprint density at radius 1 is 1.67 bits per heavy atom. The summed E-state index contributed by atoms with van der Waals surface area (Å²) in [4.78, 5) is 0. The zero-order valence-electron chi connectivity index (χ0n) is 7.67. The SMILES string of the molecule is CC(C)(CO)COC1=CCCO1. The van der Waals surface area contributed by atoms with Crippen molar-refractivity contribution in [1.82, 2.24) is 0 Å². The van der Waals surface area contributed by atoms with Crippen molar-refractivity contribution in [3.63, 3.8) is 0 Å². The summed E-state index contributed by atoms with van der Waals surface area (Å²) >= 11 is 0. The van der Waals surface area contributed by atoms with Crippen molar-refractivity contribution in [3.8, 4) is 0 Å². The van der Waals surface area contributed by atoms with Crippen LogP contribution in [0.4, 0.5) is 0 Å². The Hall–Kier alpha value is -0.700. The molecule has 1 aliphatic heterocycles. The summed E-state index contributed by atoms with van der Waals surface area (Å²) in [5, 5.41) is 8.93. The molecule has 0 unspecified atom stereocenters. The van der Waals surface area contributed by atoms with E-state index in [0.29, 0.717) is 12.6 Å². The maximum atomic E-state index is 8.93. The van der Waals surface area contributed by atoms with E-state index in [0.717, 1.165) is 13.0 Å². The highest BCUT2D eigenvalue weighted by molar-refractivity contribution is 4.89. The summed E-state index contributed by atoms with van der Waals surface area (Å²) in [5.41, 5.74) is -0.188. The third-order valence-electron chi connectivity index (χ3n) is 1.71. The largest absolute Gasteiger partial charge is 0.465 e. The molecule has 0 radical (unpaired) electrons. The summed E-state index contributed by atoms with van der Waals surface area (Å²) in [5.74, 6) is 0.608. The Labute approximate surface area is 73.0 Å². The lowest BCUT2D eigenvalue weighted by atomic mass is 9.97. The molecule has 0 spiro atoms. The Kier molecular flexibility index (Phi) is 2.98. The molecule has 0 atom stereocenters. The van der Waals surface area contributed by atoms with Crippen LogP contribution in [-0.2, 0) is 9.47 Å². The quantitative estimate of drug-likeness (QED) is 0.694. The van der Waals surface area contributed by atoms with Gasteiger partial charge < -0.3 is 14.6 Å². The van der Waals surface area contributed by atoms with E-state index in [2.05, 4.69) is 0 Å². The fourth-order valence-electron chi connectivity index (χ4n) is 0.808. The Morgan fingerprint density at radius 2 is 2.42 bits per heavy atom. The van der Waals surface area contributed by atoms with Gasteiger partial charge in [0.25, 0.3) is 5.95 Å². The summed E-state index contributed by atoms with van der Waals surface area (Å²) in [6.07, 6.45) is 2.85. The van der Waals surface area contributed by atoms with E-state index in [1.807, 2.05) is 19.9 Å². The van der Waals surface area contributed by atoms with Crippen molar-refractivity contribution in [2.75, 3.05) is 19.8 Å². The van der Waals surface area contributed by atoms with Crippen LogP contribution in [-0.4, -0.2) is 24.9 Å². The van der Waals surface area contributed by atoms with Gasteiger partial charge in [-0.25, -0.2) is 0 Å². The predicted octanol–water partition coefficient (Wildman–Crippen LogP) is 1.28. The first-order valence-electron chi connectivity index (χ1n) is 4.21. The molecule has 0 aliphatic carbocycles. The first kappa shape index (κ1) is 9.39. The minimum Gasteiger partial charge on any atom is -0.465 e. The number of ether oxygens (including phenoxy) is 2. The number of rotatable bonds is 4. The Balaban J connectivity index is 2.24. The van der Waals surface area contributed by atoms with Crippen LogP contribution in [0.25, 0.3) is 0 Å². The zero-order chi connectivity index (χ0) is 9.03. The van der Waals surface area contributed by atoms with Gasteiger partial charge in [0.1, 0.15) is 0 Å². The average Bonchev–Trinajstić information content (AvgIpc) is 2.53. The van der Waals surface area contributed by atoms with Crippen LogP contribution in [0.5, 0.6) is 0 Å². The van der Waals surface area contributed by atoms with Gasteiger partial charge in [0, 0.05) is 11.8 Å². The van der Waals surface area contributed by atoms with E-state index in [-0.39, 0.29) is 12.0 Å². The minimum absolute atomic E-state index is 0.125. The molecule has 12 heavy (non-hydrogen) atoms. The molecule has 0 saturated carbocycles. The monoisotopic (exact) mass is 172 g/mol. The van der Waals surface area contributed by atoms with Crippen molar-refractivity contribution in [2.24, 2.45) is 5.41 Å². The summed E-state index contributed by atoms with van der Waals surface area (Å²) in [6.45, 7) is 5.23. The highest BCUT2D eigenvalue weighted by Gasteiger charge is 2.19. The van der Waals surface area contributed by atoms with E-state index >= 15 is 0 Å². The van der Waals surface area contributed by atoms with E-state index < -0.39 is 0 Å². The molecule has 0 aromatic rings. The standard InChI is InChI=1S/C9H16O3/c1-9(2,6-10)7-12-8-4-3-5-11-8/h4,10H,3,5-7H2,1-2H3. The van der Waals surface area contributed by atoms with Gasteiger partial charge in [-0.15, -0.1) is 0 Å². The van der Waals surface area contributed by atoms with Gasteiger partial charge in [0.2, 0.25) is 0 Å². The molecule has 1 heterocycles. The Morgan fingerprint density at radius 3 is 2.92 bits per heavy atom. The number of aliphatic hydroxyl groups excluding tert-OH is 1. The van der Waals surface area contributed by atoms with E-state index in [1.165, 1.54) is 0 Å². The van der Waals surface area contributed by atoms with Crippen molar-refractivity contribution in [3.05, 3.63) is 12.0 Å². The summed E-state index contributed by atoms with van der Waals surface area (Å²) < 4.78 is 10.5. The molecule has 1 N–H and O–H groups in total. The maximum absolute atomic E-state index is 8.93. The van der Waals surface area contributed by atoms with Gasteiger partial charge in [-0.2, -0.15) is 0 Å². The van der Waals surface area contributed by atoms with Gasteiger partial charge in [-0.3, -0.25) is 0 Å². The fourth-order valence-corrected chi connectivity index (χ4v) is 0.808. The lowest BCUT2D eigenvalue weighted by Gasteiger charge is -2.21. The molecule has 70 valence electrons. The maximum Gasteiger partial charge on any atom is 0.275 e. The second-order valence-corrected chi connectivity index (χ2v) is 3.77. The molecule has 3 heteroatoms. The molecule has 0 fully saturated rings. The van der Waals surface area contributed by atoms with Crippen molar-refractivity contribution in [1.29, 1.82) is 0 Å². The molecule has 0 aromatic carbocycles. The molecule has 0 amide bonds.